The van der Waals surface area contributed by atoms with Gasteiger partial charge in [-0.2, -0.15) is 0 Å². The molecule has 0 spiro atoms. The van der Waals surface area contributed by atoms with Crippen LogP contribution in [0.4, 0.5) is 4.39 Å². The number of hydrogen-bond acceptors (Lipinski definition) is 3. The summed E-state index contributed by atoms with van der Waals surface area (Å²) in [7, 11) is 0. The summed E-state index contributed by atoms with van der Waals surface area (Å²) in [6, 6.07) is 8.16. The molecule has 0 saturated carbocycles. The first-order valence-corrected chi connectivity index (χ1v) is 6.78. The van der Waals surface area contributed by atoms with Gasteiger partial charge in [-0.25, -0.2) is 4.39 Å². The summed E-state index contributed by atoms with van der Waals surface area (Å²) in [5.41, 5.74) is 1.80. The highest BCUT2D eigenvalue weighted by atomic mass is 19.1. The summed E-state index contributed by atoms with van der Waals surface area (Å²) in [5.74, 6) is 0.898. The highest BCUT2D eigenvalue weighted by molar-refractivity contribution is 5.37. The summed E-state index contributed by atoms with van der Waals surface area (Å²) in [6.07, 6.45) is 2.78. The molecular formula is C16H19FN2O. The lowest BCUT2D eigenvalue weighted by Gasteiger charge is -2.10. The minimum atomic E-state index is -0.301. The Labute approximate surface area is 118 Å². The Bertz CT molecular complexity index is 572. The third-order valence-corrected chi connectivity index (χ3v) is 2.90. The predicted octanol–water partition coefficient (Wildman–Crippen LogP) is 3.82. The van der Waals surface area contributed by atoms with Crippen LogP contribution in [0.3, 0.4) is 0 Å². The molecule has 4 heteroatoms. The van der Waals surface area contributed by atoms with E-state index in [9.17, 15) is 4.39 Å². The van der Waals surface area contributed by atoms with E-state index in [-0.39, 0.29) is 5.82 Å². The molecule has 1 heterocycles. The monoisotopic (exact) mass is 274 g/mol. The lowest BCUT2D eigenvalue weighted by molar-refractivity contribution is 0.471. The number of halogens is 1. The number of pyridine rings is 1. The van der Waals surface area contributed by atoms with Crippen molar-refractivity contribution in [2.75, 3.05) is 6.54 Å². The molecule has 0 radical (unpaired) electrons. The molecule has 2 aromatic rings. The number of aryl methyl sites for hydroxylation is 1. The second kappa shape index (κ2) is 7.01. The van der Waals surface area contributed by atoms with E-state index in [1.54, 1.807) is 18.3 Å². The van der Waals surface area contributed by atoms with Gasteiger partial charge in [-0.3, -0.25) is 4.98 Å². The molecule has 0 fully saturated rings. The average molecular weight is 274 g/mol. The summed E-state index contributed by atoms with van der Waals surface area (Å²) in [5, 5.41) is 3.28. The largest absolute Gasteiger partial charge is 0.457 e. The van der Waals surface area contributed by atoms with E-state index >= 15 is 0 Å². The third-order valence-electron chi connectivity index (χ3n) is 2.90. The average Bonchev–Trinajstić information content (AvgIpc) is 2.44. The van der Waals surface area contributed by atoms with Gasteiger partial charge in [-0.05, 0) is 37.6 Å². The molecule has 0 unspecified atom stereocenters. The van der Waals surface area contributed by atoms with Crippen LogP contribution in [0, 0.1) is 12.7 Å². The van der Waals surface area contributed by atoms with E-state index in [2.05, 4.69) is 17.2 Å². The van der Waals surface area contributed by atoms with Crippen LogP contribution in [0.5, 0.6) is 11.5 Å². The van der Waals surface area contributed by atoms with Crippen molar-refractivity contribution in [3.05, 3.63) is 53.6 Å². The third kappa shape index (κ3) is 4.03. The molecule has 0 saturated heterocycles. The van der Waals surface area contributed by atoms with Crippen molar-refractivity contribution in [3.63, 3.8) is 0 Å². The zero-order chi connectivity index (χ0) is 14.4. The molecule has 106 valence electrons. The Kier molecular flexibility index (Phi) is 5.07. The van der Waals surface area contributed by atoms with Crippen molar-refractivity contribution in [3.8, 4) is 11.5 Å². The lowest BCUT2D eigenvalue weighted by Crippen LogP contribution is -2.14. The minimum Gasteiger partial charge on any atom is -0.457 e. The van der Waals surface area contributed by atoms with E-state index in [1.165, 1.54) is 12.1 Å². The van der Waals surface area contributed by atoms with Crippen LogP contribution in [-0.2, 0) is 6.54 Å². The quantitative estimate of drug-likeness (QED) is 0.813. The predicted molar refractivity (Wildman–Crippen MR) is 77.4 cm³/mol. The van der Waals surface area contributed by atoms with Crippen molar-refractivity contribution >= 4 is 0 Å². The molecule has 0 atom stereocenters. The van der Waals surface area contributed by atoms with Gasteiger partial charge in [-0.15, -0.1) is 0 Å². The van der Waals surface area contributed by atoms with Crippen molar-refractivity contribution in [2.24, 2.45) is 0 Å². The Balaban J connectivity index is 2.09. The fourth-order valence-electron chi connectivity index (χ4n) is 1.82. The minimum absolute atomic E-state index is 0.301. The molecule has 0 aliphatic carbocycles. The summed E-state index contributed by atoms with van der Waals surface area (Å²) < 4.78 is 19.0. The number of aromatic nitrogens is 1. The van der Waals surface area contributed by atoms with E-state index < -0.39 is 0 Å². The van der Waals surface area contributed by atoms with Crippen molar-refractivity contribution < 1.29 is 9.13 Å². The SMILES string of the molecule is CCCNCc1cc(Oc2cc(F)ccc2C)ccn1. The first kappa shape index (κ1) is 14.5. The smallest absolute Gasteiger partial charge is 0.133 e. The number of ether oxygens (including phenoxy) is 1. The Morgan fingerprint density at radius 2 is 2.10 bits per heavy atom. The van der Waals surface area contributed by atoms with Gasteiger partial charge in [0.25, 0.3) is 0 Å². The van der Waals surface area contributed by atoms with Crippen LogP contribution >= 0.6 is 0 Å². The molecule has 0 aliphatic heterocycles. The molecule has 0 aliphatic rings. The lowest BCUT2D eigenvalue weighted by atomic mass is 10.2. The fraction of sp³-hybridized carbons (Fsp3) is 0.312. The second-order valence-corrected chi connectivity index (χ2v) is 4.67. The molecule has 0 bridgehead atoms. The molecule has 0 amide bonds. The molecule has 2 rings (SSSR count). The van der Waals surface area contributed by atoms with Gasteiger partial charge >= 0.3 is 0 Å². The molecule has 3 nitrogen and oxygen atoms in total. The maximum absolute atomic E-state index is 13.2. The number of hydrogen-bond donors (Lipinski definition) is 1. The van der Waals surface area contributed by atoms with Crippen LogP contribution in [0.15, 0.2) is 36.5 Å². The van der Waals surface area contributed by atoms with Gasteiger partial charge in [0.05, 0.1) is 5.69 Å². The van der Waals surface area contributed by atoms with Crippen molar-refractivity contribution in [1.82, 2.24) is 10.3 Å². The molecule has 1 N–H and O–H groups in total. The highest BCUT2D eigenvalue weighted by Crippen LogP contribution is 2.25. The van der Waals surface area contributed by atoms with Crippen molar-refractivity contribution in [1.29, 1.82) is 0 Å². The van der Waals surface area contributed by atoms with E-state index in [0.29, 0.717) is 18.0 Å². The molecular weight excluding hydrogens is 255 g/mol. The molecule has 1 aromatic carbocycles. The topological polar surface area (TPSA) is 34.1 Å². The zero-order valence-corrected chi connectivity index (χ0v) is 11.8. The Morgan fingerprint density at radius 1 is 1.25 bits per heavy atom. The summed E-state index contributed by atoms with van der Waals surface area (Å²) in [4.78, 5) is 4.28. The van der Waals surface area contributed by atoms with E-state index in [0.717, 1.165) is 24.2 Å². The van der Waals surface area contributed by atoms with Crippen LogP contribution in [0.2, 0.25) is 0 Å². The van der Waals surface area contributed by atoms with Gasteiger partial charge in [-0.1, -0.05) is 13.0 Å². The van der Waals surface area contributed by atoms with E-state index in [4.69, 9.17) is 4.74 Å². The standard InChI is InChI=1S/C16H19FN2O/c1-3-7-18-11-14-10-15(6-8-19-14)20-16-9-13(17)5-4-12(16)2/h4-6,8-10,18H,3,7,11H2,1-2H3. The van der Waals surface area contributed by atoms with Gasteiger partial charge < -0.3 is 10.1 Å². The van der Waals surface area contributed by atoms with Gasteiger partial charge in [0.1, 0.15) is 17.3 Å². The maximum atomic E-state index is 13.2. The summed E-state index contributed by atoms with van der Waals surface area (Å²) in [6.45, 7) is 5.66. The first-order valence-electron chi connectivity index (χ1n) is 6.78. The fourth-order valence-corrected chi connectivity index (χ4v) is 1.82. The number of nitrogens with one attached hydrogen (secondary N) is 1. The van der Waals surface area contributed by atoms with Gasteiger partial charge in [0.2, 0.25) is 0 Å². The number of nitrogens with zero attached hydrogens (tertiary/aromatic N) is 1. The zero-order valence-electron chi connectivity index (χ0n) is 11.8. The van der Waals surface area contributed by atoms with Crippen LogP contribution in [0.1, 0.15) is 24.6 Å². The van der Waals surface area contributed by atoms with Crippen LogP contribution in [-0.4, -0.2) is 11.5 Å². The number of benzene rings is 1. The second-order valence-electron chi connectivity index (χ2n) is 4.67. The summed E-state index contributed by atoms with van der Waals surface area (Å²) >= 11 is 0. The molecule has 1 aromatic heterocycles. The highest BCUT2D eigenvalue weighted by Gasteiger charge is 2.04. The van der Waals surface area contributed by atoms with Crippen molar-refractivity contribution in [2.45, 2.75) is 26.8 Å². The maximum Gasteiger partial charge on any atom is 0.133 e. The Hall–Kier alpha value is -1.94. The number of rotatable bonds is 6. The first-order chi connectivity index (χ1) is 9.69. The normalized spacial score (nSPS) is 10.6. The van der Waals surface area contributed by atoms with Crippen LogP contribution in [0.25, 0.3) is 0 Å². The Morgan fingerprint density at radius 3 is 2.90 bits per heavy atom. The van der Waals surface area contributed by atoms with Crippen LogP contribution < -0.4 is 10.1 Å². The van der Waals surface area contributed by atoms with Gasteiger partial charge in [0.15, 0.2) is 0 Å². The van der Waals surface area contributed by atoms with Gasteiger partial charge in [0, 0.05) is 24.9 Å². The molecule has 20 heavy (non-hydrogen) atoms. The van der Waals surface area contributed by atoms with E-state index in [1.807, 2.05) is 13.0 Å².